The van der Waals surface area contributed by atoms with E-state index >= 15 is 0 Å². The molecule has 0 unspecified atom stereocenters. The van der Waals surface area contributed by atoms with Gasteiger partial charge in [0.2, 0.25) is 5.91 Å². The number of hydrogen-bond acceptors (Lipinski definition) is 5. The van der Waals surface area contributed by atoms with Gasteiger partial charge in [-0.05, 0) is 42.5 Å². The molecule has 0 aliphatic carbocycles. The lowest BCUT2D eigenvalue weighted by Gasteiger charge is -2.09. The number of aromatic nitrogens is 1. The van der Waals surface area contributed by atoms with Crippen molar-refractivity contribution in [2.75, 3.05) is 16.0 Å². The van der Waals surface area contributed by atoms with Crippen molar-refractivity contribution in [2.24, 2.45) is 0 Å². The molecule has 0 atom stereocenters. The average Bonchev–Trinajstić information content (AvgIpc) is 2.68. The first-order chi connectivity index (χ1) is 13.5. The maximum Gasteiger partial charge on any atom is 0.274 e. The molecule has 7 heteroatoms. The molecular weight excluding hydrogens is 354 g/mol. The zero-order valence-electron chi connectivity index (χ0n) is 15.1. The summed E-state index contributed by atoms with van der Waals surface area (Å²) in [6, 6.07) is 19.4. The third-order valence-electron chi connectivity index (χ3n) is 3.76. The van der Waals surface area contributed by atoms with Crippen LogP contribution in [0.2, 0.25) is 0 Å². The van der Waals surface area contributed by atoms with Crippen LogP contribution in [0.1, 0.15) is 23.0 Å². The van der Waals surface area contributed by atoms with Gasteiger partial charge in [0, 0.05) is 18.3 Å². The fourth-order valence-corrected chi connectivity index (χ4v) is 2.52. The standard InChI is InChI=1S/C21H17N5O2/c1-14(27)24-16-6-4-7-17(11-16)26-21(28)20-10-9-18(13-23-20)25-19-8-3-2-5-15(19)12-22/h2-11,13,25H,1H3,(H,24,27)(H,26,28). The maximum absolute atomic E-state index is 12.4. The van der Waals surface area contributed by atoms with Gasteiger partial charge >= 0.3 is 0 Å². The van der Waals surface area contributed by atoms with Crippen molar-refractivity contribution in [3.8, 4) is 6.07 Å². The van der Waals surface area contributed by atoms with E-state index in [2.05, 4.69) is 27.0 Å². The zero-order chi connectivity index (χ0) is 19.9. The summed E-state index contributed by atoms with van der Waals surface area (Å²) in [7, 11) is 0. The molecule has 0 saturated carbocycles. The molecule has 1 aromatic heterocycles. The highest BCUT2D eigenvalue weighted by atomic mass is 16.2. The van der Waals surface area contributed by atoms with Crippen molar-refractivity contribution in [3.63, 3.8) is 0 Å². The Morgan fingerprint density at radius 3 is 2.36 bits per heavy atom. The molecule has 0 radical (unpaired) electrons. The number of anilines is 4. The highest BCUT2D eigenvalue weighted by molar-refractivity contribution is 6.03. The number of carbonyl (C=O) groups is 2. The smallest absolute Gasteiger partial charge is 0.274 e. The molecule has 3 rings (SSSR count). The summed E-state index contributed by atoms with van der Waals surface area (Å²) >= 11 is 0. The van der Waals surface area contributed by atoms with Gasteiger partial charge in [0.25, 0.3) is 5.91 Å². The van der Waals surface area contributed by atoms with Gasteiger partial charge in [-0.3, -0.25) is 9.59 Å². The molecule has 3 N–H and O–H groups in total. The number of hydrogen-bond donors (Lipinski definition) is 3. The minimum atomic E-state index is -0.371. The van der Waals surface area contributed by atoms with Crippen LogP contribution in [0, 0.1) is 11.3 Å². The van der Waals surface area contributed by atoms with E-state index < -0.39 is 0 Å². The minimum Gasteiger partial charge on any atom is -0.353 e. The van der Waals surface area contributed by atoms with Gasteiger partial charge in [0.1, 0.15) is 11.8 Å². The van der Waals surface area contributed by atoms with E-state index in [4.69, 9.17) is 5.26 Å². The van der Waals surface area contributed by atoms with E-state index in [1.807, 2.05) is 6.07 Å². The summed E-state index contributed by atoms with van der Waals surface area (Å²) in [5, 5.41) is 17.7. The Morgan fingerprint density at radius 1 is 0.929 bits per heavy atom. The molecule has 7 nitrogen and oxygen atoms in total. The quantitative estimate of drug-likeness (QED) is 0.630. The van der Waals surface area contributed by atoms with Gasteiger partial charge in [-0.25, -0.2) is 4.98 Å². The van der Waals surface area contributed by atoms with E-state index in [0.29, 0.717) is 28.3 Å². The van der Waals surface area contributed by atoms with Crippen LogP contribution < -0.4 is 16.0 Å². The largest absolute Gasteiger partial charge is 0.353 e. The first-order valence-electron chi connectivity index (χ1n) is 8.46. The van der Waals surface area contributed by atoms with Crippen LogP contribution in [-0.2, 0) is 4.79 Å². The van der Waals surface area contributed by atoms with Crippen LogP contribution >= 0.6 is 0 Å². The summed E-state index contributed by atoms with van der Waals surface area (Å²) in [5.41, 5.74) is 3.22. The lowest BCUT2D eigenvalue weighted by Crippen LogP contribution is -2.14. The van der Waals surface area contributed by atoms with Crippen molar-refractivity contribution in [3.05, 3.63) is 78.1 Å². The number of nitrogens with zero attached hydrogens (tertiary/aromatic N) is 2. The van der Waals surface area contributed by atoms with E-state index in [0.717, 1.165) is 0 Å². The average molecular weight is 371 g/mol. The summed E-state index contributed by atoms with van der Waals surface area (Å²) in [4.78, 5) is 27.7. The molecule has 0 aliphatic heterocycles. The summed E-state index contributed by atoms with van der Waals surface area (Å²) < 4.78 is 0. The van der Waals surface area contributed by atoms with E-state index in [-0.39, 0.29) is 17.5 Å². The van der Waals surface area contributed by atoms with Gasteiger partial charge in [0.05, 0.1) is 23.1 Å². The summed E-state index contributed by atoms with van der Waals surface area (Å²) in [6.45, 7) is 1.42. The molecule has 138 valence electrons. The normalized spacial score (nSPS) is 9.86. The number of benzene rings is 2. The molecule has 2 aromatic carbocycles. The molecule has 3 aromatic rings. The number of rotatable bonds is 5. The summed E-state index contributed by atoms with van der Waals surface area (Å²) in [6.07, 6.45) is 1.52. The number of pyridine rings is 1. The fourth-order valence-electron chi connectivity index (χ4n) is 2.52. The van der Waals surface area contributed by atoms with Gasteiger partial charge < -0.3 is 16.0 Å². The van der Waals surface area contributed by atoms with Crippen molar-refractivity contribution in [1.82, 2.24) is 4.98 Å². The van der Waals surface area contributed by atoms with Gasteiger partial charge in [-0.15, -0.1) is 0 Å². The second-order valence-corrected chi connectivity index (χ2v) is 5.93. The minimum absolute atomic E-state index is 0.189. The zero-order valence-corrected chi connectivity index (χ0v) is 15.1. The molecule has 2 amide bonds. The lowest BCUT2D eigenvalue weighted by atomic mass is 10.2. The SMILES string of the molecule is CC(=O)Nc1cccc(NC(=O)c2ccc(Nc3ccccc3C#N)cn2)c1. The van der Waals surface area contributed by atoms with Crippen LogP contribution in [0.25, 0.3) is 0 Å². The molecule has 0 saturated heterocycles. The van der Waals surface area contributed by atoms with Crippen molar-refractivity contribution in [2.45, 2.75) is 6.92 Å². The Balaban J connectivity index is 1.69. The predicted molar refractivity (Wildman–Crippen MR) is 107 cm³/mol. The van der Waals surface area contributed by atoms with Crippen LogP contribution in [-0.4, -0.2) is 16.8 Å². The highest BCUT2D eigenvalue weighted by Crippen LogP contribution is 2.20. The van der Waals surface area contributed by atoms with Crippen molar-refractivity contribution in [1.29, 1.82) is 5.26 Å². The van der Waals surface area contributed by atoms with Gasteiger partial charge in [-0.2, -0.15) is 5.26 Å². The van der Waals surface area contributed by atoms with Crippen LogP contribution in [0.15, 0.2) is 66.9 Å². The Hall–Kier alpha value is -4.18. The van der Waals surface area contributed by atoms with Crippen molar-refractivity contribution >= 4 is 34.6 Å². The molecule has 28 heavy (non-hydrogen) atoms. The monoisotopic (exact) mass is 371 g/mol. The van der Waals surface area contributed by atoms with Crippen LogP contribution in [0.5, 0.6) is 0 Å². The predicted octanol–water partition coefficient (Wildman–Crippen LogP) is 3.91. The molecule has 0 bridgehead atoms. The number of para-hydroxylation sites is 1. The van der Waals surface area contributed by atoms with Crippen molar-refractivity contribution < 1.29 is 9.59 Å². The third kappa shape index (κ3) is 4.71. The number of amides is 2. The Bertz CT molecular complexity index is 1050. The Labute approximate surface area is 162 Å². The molecule has 0 fully saturated rings. The summed E-state index contributed by atoms with van der Waals surface area (Å²) in [5.74, 6) is -0.560. The van der Waals surface area contributed by atoms with Gasteiger partial charge in [0.15, 0.2) is 0 Å². The third-order valence-corrected chi connectivity index (χ3v) is 3.76. The number of nitriles is 1. The number of nitrogens with one attached hydrogen (secondary N) is 3. The Kier molecular flexibility index (Phi) is 5.63. The van der Waals surface area contributed by atoms with E-state index in [9.17, 15) is 9.59 Å². The van der Waals surface area contributed by atoms with E-state index in [1.165, 1.54) is 13.1 Å². The molecular formula is C21H17N5O2. The van der Waals surface area contributed by atoms with Gasteiger partial charge in [-0.1, -0.05) is 18.2 Å². The maximum atomic E-state index is 12.4. The second-order valence-electron chi connectivity index (χ2n) is 5.93. The Morgan fingerprint density at radius 2 is 1.68 bits per heavy atom. The number of carbonyl (C=O) groups excluding carboxylic acids is 2. The molecule has 0 aliphatic rings. The molecule has 1 heterocycles. The fraction of sp³-hybridized carbons (Fsp3) is 0.0476. The lowest BCUT2D eigenvalue weighted by molar-refractivity contribution is -0.114. The first-order valence-corrected chi connectivity index (χ1v) is 8.46. The molecule has 0 spiro atoms. The second kappa shape index (κ2) is 8.47. The topological polar surface area (TPSA) is 107 Å². The van der Waals surface area contributed by atoms with Crippen LogP contribution in [0.4, 0.5) is 22.7 Å². The first kappa shape index (κ1) is 18.6. The van der Waals surface area contributed by atoms with Crippen LogP contribution in [0.3, 0.4) is 0 Å². The highest BCUT2D eigenvalue weighted by Gasteiger charge is 2.09. The van der Waals surface area contributed by atoms with E-state index in [1.54, 1.807) is 54.6 Å².